The van der Waals surface area contributed by atoms with Crippen LogP contribution in [-0.4, -0.2) is 0 Å². The molecule has 0 spiro atoms. The van der Waals surface area contributed by atoms with Crippen LogP contribution in [0.3, 0.4) is 0 Å². The number of nitrogens with two attached hydrogens (primary N) is 1. The molecule has 0 aliphatic heterocycles. The number of nitrogens with zero attached hydrogens (tertiary/aromatic N) is 1. The van der Waals surface area contributed by atoms with Crippen LogP contribution in [0.4, 0.5) is 0 Å². The fourth-order valence-electron chi connectivity index (χ4n) is 1.48. The maximum absolute atomic E-state index is 8.72. The zero-order valence-corrected chi connectivity index (χ0v) is 8.91. The maximum atomic E-state index is 8.72. The van der Waals surface area contributed by atoms with E-state index in [-0.39, 0.29) is 6.04 Å². The van der Waals surface area contributed by atoms with Crippen LogP contribution in [0.2, 0.25) is 0 Å². The van der Waals surface area contributed by atoms with E-state index in [1.807, 2.05) is 25.1 Å². The van der Waals surface area contributed by atoms with Crippen LogP contribution in [-0.2, 0) is 0 Å². The van der Waals surface area contributed by atoms with Crippen molar-refractivity contribution in [1.82, 2.24) is 0 Å². The molecule has 74 valence electrons. The summed E-state index contributed by atoms with van der Waals surface area (Å²) in [5.74, 6) is 0.418. The third-order valence-corrected chi connectivity index (χ3v) is 2.48. The van der Waals surface area contributed by atoms with E-state index in [2.05, 4.69) is 19.9 Å². The van der Waals surface area contributed by atoms with Crippen molar-refractivity contribution in [1.29, 1.82) is 5.26 Å². The minimum absolute atomic E-state index is 0.0581. The Hall–Kier alpha value is -1.33. The minimum atomic E-state index is 0.0581. The Morgan fingerprint density at radius 2 is 2.00 bits per heavy atom. The van der Waals surface area contributed by atoms with Crippen molar-refractivity contribution < 1.29 is 0 Å². The predicted molar refractivity (Wildman–Crippen MR) is 57.7 cm³/mol. The molecule has 1 atom stereocenters. The average Bonchev–Trinajstić information content (AvgIpc) is 2.16. The summed E-state index contributed by atoms with van der Waals surface area (Å²) in [5, 5.41) is 8.72. The number of rotatable bonds is 2. The highest BCUT2D eigenvalue weighted by molar-refractivity contribution is 5.38. The van der Waals surface area contributed by atoms with Crippen LogP contribution in [0, 0.1) is 24.2 Å². The Bertz CT molecular complexity index is 361. The number of hydrogen-bond donors (Lipinski definition) is 1. The van der Waals surface area contributed by atoms with Crippen molar-refractivity contribution in [2.45, 2.75) is 26.8 Å². The lowest BCUT2D eigenvalue weighted by atomic mass is 9.92. The molecule has 1 aromatic carbocycles. The van der Waals surface area contributed by atoms with Gasteiger partial charge in [-0.3, -0.25) is 0 Å². The van der Waals surface area contributed by atoms with Gasteiger partial charge in [-0.05, 0) is 36.1 Å². The molecular formula is C12H16N2. The van der Waals surface area contributed by atoms with Crippen LogP contribution in [0.5, 0.6) is 0 Å². The van der Waals surface area contributed by atoms with Crippen LogP contribution < -0.4 is 5.73 Å². The van der Waals surface area contributed by atoms with E-state index in [0.29, 0.717) is 11.5 Å². The van der Waals surface area contributed by atoms with Crippen molar-refractivity contribution in [3.8, 4) is 6.07 Å². The van der Waals surface area contributed by atoms with Crippen molar-refractivity contribution >= 4 is 0 Å². The molecule has 2 heteroatoms. The number of aryl methyl sites for hydroxylation is 1. The van der Waals surface area contributed by atoms with Crippen molar-refractivity contribution in [3.63, 3.8) is 0 Å². The van der Waals surface area contributed by atoms with E-state index < -0.39 is 0 Å². The van der Waals surface area contributed by atoms with Crippen molar-refractivity contribution in [3.05, 3.63) is 34.9 Å². The standard InChI is InChI=1S/C12H16N2/c1-8(2)12(14)11-5-4-10(7-13)6-9(11)3/h4-6,8,12H,14H2,1-3H3/t12-/m1/s1. The maximum Gasteiger partial charge on any atom is 0.0991 e. The molecule has 0 bridgehead atoms. The molecule has 0 saturated heterocycles. The second kappa shape index (κ2) is 4.26. The van der Waals surface area contributed by atoms with E-state index >= 15 is 0 Å². The monoisotopic (exact) mass is 188 g/mol. The summed E-state index contributed by atoms with van der Waals surface area (Å²) < 4.78 is 0. The summed E-state index contributed by atoms with van der Waals surface area (Å²) in [7, 11) is 0. The predicted octanol–water partition coefficient (Wildman–Crippen LogP) is 2.52. The Labute approximate surface area is 85.4 Å². The SMILES string of the molecule is Cc1cc(C#N)ccc1[C@H](N)C(C)C. The van der Waals surface area contributed by atoms with Gasteiger partial charge in [0.05, 0.1) is 11.6 Å². The first kappa shape index (κ1) is 10.7. The molecule has 1 rings (SSSR count). The molecule has 0 aliphatic carbocycles. The van der Waals surface area contributed by atoms with Crippen LogP contribution in [0.1, 0.15) is 36.6 Å². The molecule has 0 unspecified atom stereocenters. The average molecular weight is 188 g/mol. The highest BCUT2D eigenvalue weighted by Gasteiger charge is 2.12. The van der Waals surface area contributed by atoms with Crippen LogP contribution in [0.15, 0.2) is 18.2 Å². The van der Waals surface area contributed by atoms with Crippen LogP contribution in [0.25, 0.3) is 0 Å². The first-order chi connectivity index (χ1) is 6.56. The van der Waals surface area contributed by atoms with E-state index in [4.69, 9.17) is 11.0 Å². The molecule has 0 aromatic heterocycles. The number of hydrogen-bond acceptors (Lipinski definition) is 2. The van der Waals surface area contributed by atoms with Gasteiger partial charge < -0.3 is 5.73 Å². The highest BCUT2D eigenvalue weighted by atomic mass is 14.6. The second-order valence-corrected chi connectivity index (χ2v) is 3.95. The molecule has 14 heavy (non-hydrogen) atoms. The van der Waals surface area contributed by atoms with Gasteiger partial charge in [0.2, 0.25) is 0 Å². The van der Waals surface area contributed by atoms with Gasteiger partial charge in [0, 0.05) is 6.04 Å². The Balaban J connectivity index is 3.07. The Kier molecular flexibility index (Phi) is 3.27. The largest absolute Gasteiger partial charge is 0.324 e. The van der Waals surface area contributed by atoms with E-state index in [1.165, 1.54) is 0 Å². The summed E-state index contributed by atoms with van der Waals surface area (Å²) >= 11 is 0. The zero-order chi connectivity index (χ0) is 10.7. The summed E-state index contributed by atoms with van der Waals surface area (Å²) in [5.41, 5.74) is 8.98. The molecule has 2 N–H and O–H groups in total. The first-order valence-electron chi connectivity index (χ1n) is 4.82. The van der Waals surface area contributed by atoms with Gasteiger partial charge in [-0.25, -0.2) is 0 Å². The Morgan fingerprint density at radius 3 is 2.43 bits per heavy atom. The number of benzene rings is 1. The lowest BCUT2D eigenvalue weighted by molar-refractivity contribution is 0.512. The normalized spacial score (nSPS) is 12.6. The lowest BCUT2D eigenvalue weighted by Crippen LogP contribution is -2.17. The molecule has 2 nitrogen and oxygen atoms in total. The topological polar surface area (TPSA) is 49.8 Å². The molecular weight excluding hydrogens is 172 g/mol. The molecule has 1 aromatic rings. The third-order valence-electron chi connectivity index (χ3n) is 2.48. The zero-order valence-electron chi connectivity index (χ0n) is 8.91. The van der Waals surface area contributed by atoms with Gasteiger partial charge in [-0.1, -0.05) is 19.9 Å². The summed E-state index contributed by atoms with van der Waals surface area (Å²) in [4.78, 5) is 0. The van der Waals surface area contributed by atoms with Gasteiger partial charge in [0.1, 0.15) is 0 Å². The van der Waals surface area contributed by atoms with Gasteiger partial charge in [-0.2, -0.15) is 5.26 Å². The van der Waals surface area contributed by atoms with Crippen LogP contribution >= 0.6 is 0 Å². The smallest absolute Gasteiger partial charge is 0.0991 e. The van der Waals surface area contributed by atoms with E-state index in [9.17, 15) is 0 Å². The summed E-state index contributed by atoms with van der Waals surface area (Å²) in [6.07, 6.45) is 0. The number of nitriles is 1. The molecule has 0 fully saturated rings. The fraction of sp³-hybridized carbons (Fsp3) is 0.417. The third kappa shape index (κ3) is 2.12. The molecule has 0 heterocycles. The lowest BCUT2D eigenvalue weighted by Gasteiger charge is -2.18. The van der Waals surface area contributed by atoms with E-state index in [0.717, 1.165) is 11.1 Å². The van der Waals surface area contributed by atoms with Crippen molar-refractivity contribution in [2.24, 2.45) is 11.7 Å². The van der Waals surface area contributed by atoms with Gasteiger partial charge in [0.15, 0.2) is 0 Å². The van der Waals surface area contributed by atoms with Gasteiger partial charge >= 0.3 is 0 Å². The van der Waals surface area contributed by atoms with Gasteiger partial charge in [0.25, 0.3) is 0 Å². The minimum Gasteiger partial charge on any atom is -0.324 e. The first-order valence-corrected chi connectivity index (χ1v) is 4.82. The van der Waals surface area contributed by atoms with E-state index in [1.54, 1.807) is 0 Å². The molecule has 0 amide bonds. The van der Waals surface area contributed by atoms with Crippen molar-refractivity contribution in [2.75, 3.05) is 0 Å². The summed E-state index contributed by atoms with van der Waals surface area (Å²) in [6, 6.07) is 7.85. The highest BCUT2D eigenvalue weighted by Crippen LogP contribution is 2.22. The Morgan fingerprint density at radius 1 is 1.36 bits per heavy atom. The van der Waals surface area contributed by atoms with Gasteiger partial charge in [-0.15, -0.1) is 0 Å². The second-order valence-electron chi connectivity index (χ2n) is 3.95. The molecule has 0 saturated carbocycles. The quantitative estimate of drug-likeness (QED) is 0.775. The summed E-state index contributed by atoms with van der Waals surface area (Å²) in [6.45, 7) is 6.20. The molecule has 0 radical (unpaired) electrons. The molecule has 0 aliphatic rings. The fourth-order valence-corrected chi connectivity index (χ4v) is 1.48.